The van der Waals surface area contributed by atoms with Crippen molar-refractivity contribution in [1.82, 2.24) is 4.98 Å². The van der Waals surface area contributed by atoms with Gasteiger partial charge in [0.1, 0.15) is 11.5 Å². The van der Waals surface area contributed by atoms with Gasteiger partial charge < -0.3 is 9.72 Å². The van der Waals surface area contributed by atoms with E-state index in [1.165, 1.54) is 22.3 Å². The second-order valence-electron chi connectivity index (χ2n) is 9.27. The van der Waals surface area contributed by atoms with Crippen molar-refractivity contribution >= 4 is 0 Å². The first kappa shape index (κ1) is 21.1. The topological polar surface area (TPSA) is 22.1 Å². The van der Waals surface area contributed by atoms with Gasteiger partial charge in [0.25, 0.3) is 0 Å². The van der Waals surface area contributed by atoms with Gasteiger partial charge in [-0.25, -0.2) is 0 Å². The number of para-hydroxylation sites is 2. The van der Waals surface area contributed by atoms with Gasteiger partial charge in [-0.2, -0.15) is 0 Å². The van der Waals surface area contributed by atoms with Gasteiger partial charge >= 0.3 is 0 Å². The first-order chi connectivity index (χ1) is 15.1. The average Bonchev–Trinajstić information content (AvgIpc) is 2.81. The molecule has 1 radical (unpaired) electrons. The van der Waals surface area contributed by atoms with E-state index in [9.17, 15) is 0 Å². The average molecular weight is 595 g/mol. The molecule has 1 aliphatic heterocycles. The van der Waals surface area contributed by atoms with Crippen LogP contribution in [0.2, 0.25) is 0 Å². The van der Waals surface area contributed by atoms with Crippen LogP contribution in [0, 0.1) is 6.07 Å². The van der Waals surface area contributed by atoms with Gasteiger partial charge in [0, 0.05) is 42.8 Å². The summed E-state index contributed by atoms with van der Waals surface area (Å²) in [6.07, 6.45) is 3.98. The molecule has 0 N–H and O–H groups in total. The molecule has 32 heavy (non-hydrogen) atoms. The van der Waals surface area contributed by atoms with E-state index in [0.717, 1.165) is 35.6 Å². The van der Waals surface area contributed by atoms with E-state index in [1.807, 2.05) is 18.3 Å². The number of benzene rings is 3. The third-order valence-corrected chi connectivity index (χ3v) is 7.12. The summed E-state index contributed by atoms with van der Waals surface area (Å²) in [7, 11) is 0. The molecule has 0 amide bonds. The molecule has 2 aliphatic rings. The van der Waals surface area contributed by atoms with E-state index in [-0.39, 0.29) is 30.9 Å². The second-order valence-corrected chi connectivity index (χ2v) is 9.27. The largest absolute Gasteiger partial charge is 0.457 e. The zero-order chi connectivity index (χ0) is 21.1. The molecular weight excluding hydrogens is 571 g/mol. The molecule has 0 saturated carbocycles. The molecule has 0 saturated heterocycles. The smallest absolute Gasteiger partial charge is 0.131 e. The Balaban J connectivity index is 0.00000216. The minimum absolute atomic E-state index is 0. The van der Waals surface area contributed by atoms with E-state index < -0.39 is 0 Å². The van der Waals surface area contributed by atoms with Crippen molar-refractivity contribution in [3.8, 4) is 22.8 Å². The van der Waals surface area contributed by atoms with Crippen LogP contribution in [0.5, 0.6) is 11.5 Å². The molecular formula is C29H24IrNO-. The zero-order valence-corrected chi connectivity index (χ0v) is 20.6. The molecule has 0 atom stereocenters. The van der Waals surface area contributed by atoms with Crippen LogP contribution in [-0.4, -0.2) is 4.98 Å². The molecule has 0 unspecified atom stereocenters. The van der Waals surface area contributed by atoms with Gasteiger partial charge in [-0.05, 0) is 35.7 Å². The maximum absolute atomic E-state index is 6.37. The molecule has 2 nitrogen and oxygen atoms in total. The summed E-state index contributed by atoms with van der Waals surface area (Å²) >= 11 is 0. The second kappa shape index (κ2) is 7.69. The number of ether oxygens (including phenoxy) is 1. The van der Waals surface area contributed by atoms with Crippen molar-refractivity contribution in [2.24, 2.45) is 0 Å². The maximum atomic E-state index is 6.37. The Morgan fingerprint density at radius 3 is 2.09 bits per heavy atom. The van der Waals surface area contributed by atoms with Gasteiger partial charge in [-0.15, -0.1) is 34.9 Å². The van der Waals surface area contributed by atoms with Crippen molar-refractivity contribution in [1.29, 1.82) is 0 Å². The quantitative estimate of drug-likeness (QED) is 0.220. The Kier molecular flexibility index (Phi) is 5.08. The van der Waals surface area contributed by atoms with E-state index in [0.29, 0.717) is 0 Å². The molecule has 4 aromatic rings. The summed E-state index contributed by atoms with van der Waals surface area (Å²) in [5.74, 6) is 1.91. The number of pyridine rings is 1. The minimum Gasteiger partial charge on any atom is -0.457 e. The normalized spacial score (nSPS) is 16.7. The van der Waals surface area contributed by atoms with Crippen LogP contribution in [0.4, 0.5) is 0 Å². The number of aromatic nitrogens is 1. The van der Waals surface area contributed by atoms with Crippen LogP contribution >= 0.6 is 0 Å². The molecule has 161 valence electrons. The standard InChI is InChI=1S/C29H24NO.Ir/c1-28(2)16-17-29(24-19-20(14-15-21(24)28)25-11-7-8-18-30-25)22-9-3-5-12-26(22)31-27-13-6-4-10-23(27)29;/h3-13,15,18-19H,16-17H2,1-2H3;/q-1;. The Morgan fingerprint density at radius 1 is 0.781 bits per heavy atom. The maximum Gasteiger partial charge on any atom is 0.131 e. The predicted molar refractivity (Wildman–Crippen MR) is 124 cm³/mol. The number of nitrogens with zero attached hydrogens (tertiary/aromatic N) is 1. The fourth-order valence-corrected chi connectivity index (χ4v) is 5.48. The van der Waals surface area contributed by atoms with Crippen LogP contribution in [0.3, 0.4) is 0 Å². The molecule has 1 spiro atoms. The van der Waals surface area contributed by atoms with Crippen LogP contribution < -0.4 is 4.74 Å². The van der Waals surface area contributed by atoms with E-state index >= 15 is 0 Å². The Hall–Kier alpha value is -2.74. The zero-order valence-electron chi connectivity index (χ0n) is 18.2. The summed E-state index contributed by atoms with van der Waals surface area (Å²) in [5.41, 5.74) is 7.07. The molecule has 0 bridgehead atoms. The molecule has 1 aliphatic carbocycles. The van der Waals surface area contributed by atoms with Gasteiger partial charge in [-0.3, -0.25) is 0 Å². The van der Waals surface area contributed by atoms with E-state index in [4.69, 9.17) is 4.74 Å². The van der Waals surface area contributed by atoms with Crippen LogP contribution in [0.15, 0.2) is 85.1 Å². The van der Waals surface area contributed by atoms with Crippen molar-refractivity contribution in [2.75, 3.05) is 0 Å². The molecule has 0 fully saturated rings. The van der Waals surface area contributed by atoms with E-state index in [2.05, 4.69) is 91.6 Å². The number of rotatable bonds is 1. The summed E-state index contributed by atoms with van der Waals surface area (Å²) in [4.78, 5) is 4.60. The Bertz CT molecular complexity index is 1250. The molecule has 6 rings (SSSR count). The molecule has 1 aromatic heterocycles. The molecule has 3 heteroatoms. The first-order valence-electron chi connectivity index (χ1n) is 10.9. The van der Waals surface area contributed by atoms with Crippen molar-refractivity contribution in [2.45, 2.75) is 37.5 Å². The molecule has 3 aromatic carbocycles. The van der Waals surface area contributed by atoms with Gasteiger partial charge in [0.15, 0.2) is 0 Å². The Labute approximate surface area is 203 Å². The number of fused-ring (bicyclic) bond motifs is 6. The third-order valence-electron chi connectivity index (χ3n) is 7.12. The Morgan fingerprint density at radius 2 is 1.44 bits per heavy atom. The monoisotopic (exact) mass is 595 g/mol. The van der Waals surface area contributed by atoms with Crippen LogP contribution in [0.1, 0.15) is 48.9 Å². The number of hydrogen-bond donors (Lipinski definition) is 0. The van der Waals surface area contributed by atoms with Crippen molar-refractivity contribution < 1.29 is 24.8 Å². The van der Waals surface area contributed by atoms with Crippen LogP contribution in [-0.2, 0) is 30.9 Å². The minimum atomic E-state index is -0.241. The van der Waals surface area contributed by atoms with Crippen molar-refractivity contribution in [3.63, 3.8) is 0 Å². The van der Waals surface area contributed by atoms with E-state index in [1.54, 1.807) is 0 Å². The fraction of sp³-hybridized carbons (Fsp3) is 0.207. The van der Waals surface area contributed by atoms with Crippen LogP contribution in [0.25, 0.3) is 11.3 Å². The molecule has 2 heterocycles. The summed E-state index contributed by atoms with van der Waals surface area (Å²) in [6, 6.07) is 31.2. The first-order valence-corrected chi connectivity index (χ1v) is 10.9. The predicted octanol–water partition coefficient (Wildman–Crippen LogP) is 7.06. The van der Waals surface area contributed by atoms with Gasteiger partial charge in [0.2, 0.25) is 0 Å². The van der Waals surface area contributed by atoms with Gasteiger partial charge in [0.05, 0.1) is 0 Å². The number of hydrogen-bond acceptors (Lipinski definition) is 2. The SMILES string of the molecule is CC1(C)CCC2(c3ccccc3Oc3ccccc32)c2cc(-c3ccccn3)[c-]cc21.[Ir]. The summed E-state index contributed by atoms with van der Waals surface area (Å²) in [5, 5.41) is 0. The summed E-state index contributed by atoms with van der Waals surface area (Å²) < 4.78 is 6.37. The van der Waals surface area contributed by atoms with Gasteiger partial charge in [-0.1, -0.05) is 68.8 Å². The summed E-state index contributed by atoms with van der Waals surface area (Å²) in [6.45, 7) is 4.70. The fourth-order valence-electron chi connectivity index (χ4n) is 5.48. The van der Waals surface area contributed by atoms with Crippen molar-refractivity contribution in [3.05, 3.63) is 113 Å². The third kappa shape index (κ3) is 2.99.